The van der Waals surface area contributed by atoms with Crippen LogP contribution in [0.3, 0.4) is 0 Å². The summed E-state index contributed by atoms with van der Waals surface area (Å²) < 4.78 is 7.00. The molecule has 0 saturated heterocycles. The number of tetrazole rings is 1. The van der Waals surface area contributed by atoms with Crippen molar-refractivity contribution >= 4 is 17.7 Å². The van der Waals surface area contributed by atoms with E-state index in [1.54, 1.807) is 11.8 Å². The van der Waals surface area contributed by atoms with Crippen LogP contribution in [0, 0.1) is 0 Å². The first kappa shape index (κ1) is 16.2. The van der Waals surface area contributed by atoms with Gasteiger partial charge < -0.3 is 10.1 Å². The molecule has 1 heterocycles. The SMILES string of the molecule is CCCNC(CCSc1nnnn1C1CC1)C(=O)OCC. The Morgan fingerprint density at radius 3 is 3.00 bits per heavy atom. The van der Waals surface area contributed by atoms with Crippen LogP contribution in [-0.4, -0.2) is 51.1 Å². The lowest BCUT2D eigenvalue weighted by Crippen LogP contribution is -2.39. The Labute approximate surface area is 129 Å². The van der Waals surface area contributed by atoms with Crippen molar-refractivity contribution < 1.29 is 9.53 Å². The van der Waals surface area contributed by atoms with Gasteiger partial charge in [-0.15, -0.1) is 5.10 Å². The number of carbonyl (C=O) groups is 1. The fourth-order valence-corrected chi connectivity index (χ4v) is 2.91. The highest BCUT2D eigenvalue weighted by Crippen LogP contribution is 2.36. The van der Waals surface area contributed by atoms with Gasteiger partial charge in [-0.25, -0.2) is 4.68 Å². The van der Waals surface area contributed by atoms with Crippen molar-refractivity contribution in [3.63, 3.8) is 0 Å². The van der Waals surface area contributed by atoms with E-state index in [1.807, 2.05) is 11.6 Å². The Bertz CT molecular complexity index is 450. The third-order valence-corrected chi connectivity index (χ3v) is 4.17. The first-order chi connectivity index (χ1) is 10.3. The molecule has 1 aliphatic carbocycles. The predicted molar refractivity (Wildman–Crippen MR) is 80.1 cm³/mol. The van der Waals surface area contributed by atoms with Crippen LogP contribution >= 0.6 is 11.8 Å². The summed E-state index contributed by atoms with van der Waals surface area (Å²) in [6.07, 6.45) is 4.01. The van der Waals surface area contributed by atoms with Crippen molar-refractivity contribution in [2.75, 3.05) is 18.9 Å². The summed E-state index contributed by atoms with van der Waals surface area (Å²) in [7, 11) is 0. The summed E-state index contributed by atoms with van der Waals surface area (Å²) in [5.74, 6) is 0.612. The minimum absolute atomic E-state index is 0.173. The fourth-order valence-electron chi connectivity index (χ4n) is 1.96. The standard InChI is InChI=1S/C13H23N5O2S/c1-3-8-14-11(12(19)20-4-2)7-9-21-13-15-16-17-18(13)10-5-6-10/h10-11,14H,3-9H2,1-2H3. The van der Waals surface area contributed by atoms with Crippen LogP contribution in [0.25, 0.3) is 0 Å². The second-order valence-corrected chi connectivity index (χ2v) is 6.10. The number of nitrogens with one attached hydrogen (secondary N) is 1. The molecule has 1 saturated carbocycles. The number of aromatic nitrogens is 4. The number of rotatable bonds is 10. The number of nitrogens with zero attached hydrogens (tertiary/aromatic N) is 4. The zero-order chi connectivity index (χ0) is 15.1. The predicted octanol–water partition coefficient (Wildman–Crippen LogP) is 1.42. The van der Waals surface area contributed by atoms with Gasteiger partial charge in [0.2, 0.25) is 5.16 Å². The Morgan fingerprint density at radius 2 is 2.33 bits per heavy atom. The molecule has 7 nitrogen and oxygen atoms in total. The minimum atomic E-state index is -0.248. The third kappa shape index (κ3) is 4.96. The van der Waals surface area contributed by atoms with Crippen molar-refractivity contribution in [2.24, 2.45) is 0 Å². The molecule has 1 aliphatic rings. The van der Waals surface area contributed by atoms with Gasteiger partial charge in [0.25, 0.3) is 0 Å². The van der Waals surface area contributed by atoms with Crippen molar-refractivity contribution in [2.45, 2.75) is 56.8 Å². The Morgan fingerprint density at radius 1 is 1.52 bits per heavy atom. The highest BCUT2D eigenvalue weighted by Gasteiger charge is 2.28. The van der Waals surface area contributed by atoms with Crippen molar-refractivity contribution in [1.29, 1.82) is 0 Å². The number of carbonyl (C=O) groups excluding carboxylic acids is 1. The topological polar surface area (TPSA) is 81.9 Å². The van der Waals surface area contributed by atoms with Gasteiger partial charge >= 0.3 is 5.97 Å². The summed E-state index contributed by atoms with van der Waals surface area (Å²) in [6.45, 7) is 5.13. The summed E-state index contributed by atoms with van der Waals surface area (Å²) in [5, 5.41) is 15.9. The van der Waals surface area contributed by atoms with E-state index in [2.05, 4.69) is 27.8 Å². The van der Waals surface area contributed by atoms with Crippen molar-refractivity contribution in [3.8, 4) is 0 Å². The first-order valence-corrected chi connectivity index (χ1v) is 8.55. The van der Waals surface area contributed by atoms with E-state index in [1.165, 1.54) is 0 Å². The van der Waals surface area contributed by atoms with Gasteiger partial charge in [-0.05, 0) is 49.6 Å². The van der Waals surface area contributed by atoms with E-state index >= 15 is 0 Å². The smallest absolute Gasteiger partial charge is 0.323 e. The third-order valence-electron chi connectivity index (χ3n) is 3.20. The lowest BCUT2D eigenvalue weighted by Gasteiger charge is -2.16. The summed E-state index contributed by atoms with van der Waals surface area (Å²) in [4.78, 5) is 11.9. The molecular formula is C13H23N5O2S. The van der Waals surface area contributed by atoms with E-state index < -0.39 is 0 Å². The quantitative estimate of drug-likeness (QED) is 0.517. The van der Waals surface area contributed by atoms with Crippen LogP contribution in [0.1, 0.15) is 45.6 Å². The molecule has 0 spiro atoms. The molecule has 21 heavy (non-hydrogen) atoms. The van der Waals surface area contributed by atoms with Crippen molar-refractivity contribution in [3.05, 3.63) is 0 Å². The molecule has 118 valence electrons. The van der Waals surface area contributed by atoms with Crippen LogP contribution in [0.4, 0.5) is 0 Å². The first-order valence-electron chi connectivity index (χ1n) is 7.56. The van der Waals surface area contributed by atoms with Gasteiger partial charge in [-0.1, -0.05) is 18.7 Å². The molecule has 1 aromatic heterocycles. The fraction of sp³-hybridized carbons (Fsp3) is 0.846. The normalized spacial score (nSPS) is 15.9. The van der Waals surface area contributed by atoms with Crippen LogP contribution in [-0.2, 0) is 9.53 Å². The number of thioether (sulfide) groups is 1. The molecule has 1 N–H and O–H groups in total. The molecule has 2 rings (SSSR count). The highest BCUT2D eigenvalue weighted by molar-refractivity contribution is 7.99. The summed E-state index contributed by atoms with van der Waals surface area (Å²) in [5.41, 5.74) is 0. The van der Waals surface area contributed by atoms with E-state index in [4.69, 9.17) is 4.74 Å². The highest BCUT2D eigenvalue weighted by atomic mass is 32.2. The second kappa shape index (κ2) is 8.33. The molecule has 1 unspecified atom stereocenters. The van der Waals surface area contributed by atoms with E-state index in [0.29, 0.717) is 19.1 Å². The van der Waals surface area contributed by atoms with Gasteiger partial charge in [-0.2, -0.15) is 0 Å². The molecule has 1 fully saturated rings. The van der Waals surface area contributed by atoms with Crippen LogP contribution in [0.2, 0.25) is 0 Å². The van der Waals surface area contributed by atoms with Gasteiger partial charge in [0.05, 0.1) is 12.6 Å². The number of ether oxygens (including phenoxy) is 1. The van der Waals surface area contributed by atoms with Gasteiger partial charge in [0, 0.05) is 5.75 Å². The van der Waals surface area contributed by atoms with Gasteiger partial charge in [0.1, 0.15) is 6.04 Å². The average molecular weight is 313 g/mol. The molecule has 0 radical (unpaired) electrons. The van der Waals surface area contributed by atoms with Crippen LogP contribution in [0.5, 0.6) is 0 Å². The maximum Gasteiger partial charge on any atom is 0.323 e. The minimum Gasteiger partial charge on any atom is -0.465 e. The monoisotopic (exact) mass is 313 g/mol. The second-order valence-electron chi connectivity index (χ2n) is 5.03. The molecule has 8 heteroatoms. The number of hydrogen-bond donors (Lipinski definition) is 1. The van der Waals surface area contributed by atoms with E-state index in [-0.39, 0.29) is 12.0 Å². The lowest BCUT2D eigenvalue weighted by molar-refractivity contribution is -0.145. The van der Waals surface area contributed by atoms with E-state index in [0.717, 1.165) is 36.7 Å². The summed E-state index contributed by atoms with van der Waals surface area (Å²) >= 11 is 1.60. The Kier molecular flexibility index (Phi) is 6.44. The van der Waals surface area contributed by atoms with Gasteiger partial charge in [0.15, 0.2) is 0 Å². The zero-order valence-electron chi connectivity index (χ0n) is 12.6. The number of hydrogen-bond acceptors (Lipinski definition) is 7. The average Bonchev–Trinajstić information content (AvgIpc) is 3.22. The summed E-state index contributed by atoms with van der Waals surface area (Å²) in [6, 6.07) is 0.226. The maximum absolute atomic E-state index is 11.9. The molecule has 1 atom stereocenters. The molecule has 1 aromatic rings. The molecule has 0 bridgehead atoms. The number of esters is 1. The molecular weight excluding hydrogens is 290 g/mol. The maximum atomic E-state index is 11.9. The van der Waals surface area contributed by atoms with Crippen molar-refractivity contribution in [1.82, 2.24) is 25.5 Å². The van der Waals surface area contributed by atoms with Gasteiger partial charge in [-0.3, -0.25) is 4.79 Å². The lowest BCUT2D eigenvalue weighted by atomic mass is 10.2. The Hall–Kier alpha value is -1.15. The van der Waals surface area contributed by atoms with Crippen LogP contribution in [0.15, 0.2) is 5.16 Å². The molecule has 0 aliphatic heterocycles. The van der Waals surface area contributed by atoms with Crippen LogP contribution < -0.4 is 5.32 Å². The Balaban J connectivity index is 1.80. The molecule has 0 amide bonds. The largest absolute Gasteiger partial charge is 0.465 e. The van der Waals surface area contributed by atoms with E-state index in [9.17, 15) is 4.79 Å². The zero-order valence-corrected chi connectivity index (χ0v) is 13.4. The molecule has 0 aromatic carbocycles.